The molecule has 0 unspecified atom stereocenters. The lowest BCUT2D eigenvalue weighted by Crippen LogP contribution is -2.49. The molecular formula is C23H28N2O5. The maximum atomic E-state index is 12.8. The van der Waals surface area contributed by atoms with E-state index >= 15 is 0 Å². The smallest absolute Gasteiger partial charge is 0.230 e. The Morgan fingerprint density at radius 3 is 2.03 bits per heavy atom. The molecule has 0 N–H and O–H groups in total. The van der Waals surface area contributed by atoms with Crippen molar-refractivity contribution in [1.82, 2.24) is 4.90 Å². The number of ketones is 1. The largest absolute Gasteiger partial charge is 0.493 e. The van der Waals surface area contributed by atoms with Crippen LogP contribution in [0.1, 0.15) is 22.3 Å². The van der Waals surface area contributed by atoms with Crippen LogP contribution < -0.4 is 19.1 Å². The Kier molecular flexibility index (Phi) is 6.82. The number of carbonyl (C=O) groups is 2. The first kappa shape index (κ1) is 21.5. The van der Waals surface area contributed by atoms with Crippen molar-refractivity contribution >= 4 is 17.4 Å². The first-order valence-corrected chi connectivity index (χ1v) is 9.90. The van der Waals surface area contributed by atoms with E-state index < -0.39 is 0 Å². The molecule has 160 valence electrons. The average Bonchev–Trinajstić information content (AvgIpc) is 2.78. The van der Waals surface area contributed by atoms with E-state index in [1.54, 1.807) is 17.0 Å². The zero-order chi connectivity index (χ0) is 21.7. The molecule has 7 nitrogen and oxygen atoms in total. The Morgan fingerprint density at radius 1 is 0.900 bits per heavy atom. The Balaban J connectivity index is 1.64. The van der Waals surface area contributed by atoms with Gasteiger partial charge in [0.25, 0.3) is 0 Å². The molecule has 0 atom stereocenters. The van der Waals surface area contributed by atoms with Gasteiger partial charge in [0.15, 0.2) is 17.3 Å². The third kappa shape index (κ3) is 4.50. The second-order valence-electron chi connectivity index (χ2n) is 7.17. The zero-order valence-electron chi connectivity index (χ0n) is 17.9. The molecule has 0 radical (unpaired) electrons. The number of aryl methyl sites for hydroxylation is 1. The fraction of sp³-hybridized carbons (Fsp3) is 0.391. The lowest BCUT2D eigenvalue weighted by Gasteiger charge is -2.36. The lowest BCUT2D eigenvalue weighted by molar-refractivity contribution is -0.130. The maximum Gasteiger partial charge on any atom is 0.230 e. The molecule has 0 saturated carbocycles. The minimum Gasteiger partial charge on any atom is -0.493 e. The monoisotopic (exact) mass is 412 g/mol. The highest BCUT2D eigenvalue weighted by molar-refractivity contribution is 6.08. The molecular weight excluding hydrogens is 384 g/mol. The van der Waals surface area contributed by atoms with Gasteiger partial charge in [0.2, 0.25) is 11.7 Å². The van der Waals surface area contributed by atoms with Gasteiger partial charge in [-0.05, 0) is 30.7 Å². The van der Waals surface area contributed by atoms with Gasteiger partial charge in [-0.3, -0.25) is 9.59 Å². The van der Waals surface area contributed by atoms with Crippen LogP contribution >= 0.6 is 0 Å². The Bertz CT molecular complexity index is 895. The molecule has 1 fully saturated rings. The number of hydrogen-bond donors (Lipinski definition) is 0. The van der Waals surface area contributed by atoms with Gasteiger partial charge in [-0.15, -0.1) is 0 Å². The highest BCUT2D eigenvalue weighted by Gasteiger charge is 2.25. The number of piperazine rings is 1. The molecule has 30 heavy (non-hydrogen) atoms. The van der Waals surface area contributed by atoms with Crippen molar-refractivity contribution in [2.24, 2.45) is 0 Å². The van der Waals surface area contributed by atoms with Gasteiger partial charge in [0.05, 0.1) is 27.8 Å². The van der Waals surface area contributed by atoms with E-state index in [0.717, 1.165) is 13.1 Å². The molecule has 1 saturated heterocycles. The summed E-state index contributed by atoms with van der Waals surface area (Å²) in [7, 11) is 4.48. The maximum absolute atomic E-state index is 12.8. The number of para-hydroxylation sites is 1. The number of methoxy groups -OCH3 is 3. The third-order valence-corrected chi connectivity index (χ3v) is 5.39. The highest BCUT2D eigenvalue weighted by Crippen LogP contribution is 2.38. The molecule has 3 rings (SSSR count). The van der Waals surface area contributed by atoms with Crippen LogP contribution in [-0.2, 0) is 4.79 Å². The third-order valence-electron chi connectivity index (χ3n) is 5.39. The van der Waals surface area contributed by atoms with Crippen molar-refractivity contribution in [2.75, 3.05) is 52.4 Å². The number of ether oxygens (including phenoxy) is 3. The van der Waals surface area contributed by atoms with Crippen LogP contribution in [0.5, 0.6) is 17.2 Å². The second kappa shape index (κ2) is 9.52. The molecule has 0 spiro atoms. The summed E-state index contributed by atoms with van der Waals surface area (Å²) in [6.07, 6.45) is -0.191. The number of Topliss-reactive ketones (excluding diaryl/α,β-unsaturated/α-hetero) is 1. The molecule has 1 aliphatic rings. The van der Waals surface area contributed by atoms with Gasteiger partial charge in [-0.25, -0.2) is 0 Å². The van der Waals surface area contributed by atoms with Gasteiger partial charge < -0.3 is 24.0 Å². The minimum absolute atomic E-state index is 0.168. The molecule has 7 heteroatoms. The van der Waals surface area contributed by atoms with Crippen molar-refractivity contribution in [3.05, 3.63) is 47.5 Å². The van der Waals surface area contributed by atoms with Gasteiger partial charge >= 0.3 is 0 Å². The van der Waals surface area contributed by atoms with Crippen molar-refractivity contribution in [3.63, 3.8) is 0 Å². The standard InChI is InChI=1S/C23H28N2O5/c1-16-7-5-6-8-18(16)24-9-11-25(12-10-24)22(27)15-19(26)17-13-20(28-2)23(30-4)21(14-17)29-3/h5-8,13-14H,9-12,15H2,1-4H3. The van der Waals surface area contributed by atoms with Crippen LogP contribution in [0, 0.1) is 6.92 Å². The summed E-state index contributed by atoms with van der Waals surface area (Å²) in [4.78, 5) is 29.5. The second-order valence-corrected chi connectivity index (χ2v) is 7.17. The lowest BCUT2D eigenvalue weighted by atomic mass is 10.1. The van der Waals surface area contributed by atoms with E-state index in [0.29, 0.717) is 35.9 Å². The summed E-state index contributed by atoms with van der Waals surface area (Å²) in [6.45, 7) is 4.76. The molecule has 2 aromatic carbocycles. The number of anilines is 1. The van der Waals surface area contributed by atoms with E-state index in [4.69, 9.17) is 14.2 Å². The summed E-state index contributed by atoms with van der Waals surface area (Å²) >= 11 is 0. The van der Waals surface area contributed by atoms with E-state index in [-0.39, 0.29) is 18.1 Å². The number of rotatable bonds is 7. The number of hydrogen-bond acceptors (Lipinski definition) is 6. The van der Waals surface area contributed by atoms with Crippen LogP contribution in [0.4, 0.5) is 5.69 Å². The zero-order valence-corrected chi connectivity index (χ0v) is 17.9. The normalized spacial score (nSPS) is 13.7. The summed E-state index contributed by atoms with van der Waals surface area (Å²) in [6, 6.07) is 11.4. The van der Waals surface area contributed by atoms with Crippen molar-refractivity contribution in [3.8, 4) is 17.2 Å². The number of nitrogens with zero attached hydrogens (tertiary/aromatic N) is 2. The number of carbonyl (C=O) groups excluding carboxylic acids is 2. The average molecular weight is 412 g/mol. The molecule has 0 aliphatic carbocycles. The summed E-state index contributed by atoms with van der Waals surface area (Å²) in [5.41, 5.74) is 2.77. The molecule has 1 amide bonds. The Morgan fingerprint density at radius 2 is 1.50 bits per heavy atom. The first-order chi connectivity index (χ1) is 14.5. The van der Waals surface area contributed by atoms with E-state index in [1.807, 2.05) is 12.1 Å². The van der Waals surface area contributed by atoms with Crippen LogP contribution in [-0.4, -0.2) is 64.1 Å². The van der Waals surface area contributed by atoms with Crippen LogP contribution in [0.15, 0.2) is 36.4 Å². The molecule has 1 aliphatic heterocycles. The van der Waals surface area contributed by atoms with Crippen molar-refractivity contribution in [1.29, 1.82) is 0 Å². The van der Waals surface area contributed by atoms with Crippen LogP contribution in [0.3, 0.4) is 0 Å². The van der Waals surface area contributed by atoms with Gasteiger partial charge in [-0.1, -0.05) is 18.2 Å². The van der Waals surface area contributed by atoms with E-state index in [9.17, 15) is 9.59 Å². The van der Waals surface area contributed by atoms with Crippen molar-refractivity contribution < 1.29 is 23.8 Å². The van der Waals surface area contributed by atoms with Crippen LogP contribution in [0.2, 0.25) is 0 Å². The number of amides is 1. The van der Waals surface area contributed by atoms with Crippen LogP contribution in [0.25, 0.3) is 0 Å². The van der Waals surface area contributed by atoms with E-state index in [2.05, 4.69) is 24.0 Å². The SMILES string of the molecule is COc1cc(C(=O)CC(=O)N2CCN(c3ccccc3C)CC2)cc(OC)c1OC. The summed E-state index contributed by atoms with van der Waals surface area (Å²) in [5.74, 6) is 0.743. The molecule has 0 bridgehead atoms. The fourth-order valence-electron chi connectivity index (χ4n) is 3.71. The number of benzene rings is 2. The minimum atomic E-state index is -0.277. The van der Waals surface area contributed by atoms with Gasteiger partial charge in [0, 0.05) is 37.4 Å². The Hall–Kier alpha value is -3.22. The summed E-state index contributed by atoms with van der Waals surface area (Å²) in [5, 5.41) is 0. The fourth-order valence-corrected chi connectivity index (χ4v) is 3.71. The topological polar surface area (TPSA) is 68.3 Å². The highest BCUT2D eigenvalue weighted by atomic mass is 16.5. The predicted molar refractivity (Wildman–Crippen MR) is 115 cm³/mol. The molecule has 2 aromatic rings. The van der Waals surface area contributed by atoms with E-state index in [1.165, 1.54) is 32.6 Å². The van der Waals surface area contributed by atoms with Gasteiger partial charge in [-0.2, -0.15) is 0 Å². The van der Waals surface area contributed by atoms with Gasteiger partial charge in [0.1, 0.15) is 0 Å². The van der Waals surface area contributed by atoms with Crippen molar-refractivity contribution in [2.45, 2.75) is 13.3 Å². The summed E-state index contributed by atoms with van der Waals surface area (Å²) < 4.78 is 15.9. The Labute approximate surface area is 177 Å². The predicted octanol–water partition coefficient (Wildman–Crippen LogP) is 2.94. The molecule has 0 aromatic heterocycles. The molecule has 1 heterocycles. The quantitative estimate of drug-likeness (QED) is 0.515. The first-order valence-electron chi connectivity index (χ1n) is 9.90.